The molecule has 2 amide bonds. The minimum absolute atomic E-state index is 0.0478. The second kappa shape index (κ2) is 7.86. The Balaban J connectivity index is 1.59. The van der Waals surface area contributed by atoms with Crippen molar-refractivity contribution in [3.63, 3.8) is 0 Å². The van der Waals surface area contributed by atoms with Crippen molar-refractivity contribution in [2.45, 2.75) is 13.3 Å². The van der Waals surface area contributed by atoms with E-state index in [0.29, 0.717) is 12.4 Å². The van der Waals surface area contributed by atoms with Gasteiger partial charge in [-0.05, 0) is 36.8 Å². The minimum atomic E-state index is -0.600. The number of rotatable bonds is 8. The van der Waals surface area contributed by atoms with E-state index in [2.05, 4.69) is 0 Å². The summed E-state index contributed by atoms with van der Waals surface area (Å²) in [7, 11) is 0. The SMILES string of the molecule is CCCOc1ccc(OCCN2C(=O)c3ccc([N+](=O)[O-])cc3C2=O)cc1. The van der Waals surface area contributed by atoms with Gasteiger partial charge in [0.2, 0.25) is 0 Å². The summed E-state index contributed by atoms with van der Waals surface area (Å²) >= 11 is 0. The fourth-order valence-corrected chi connectivity index (χ4v) is 2.70. The molecule has 0 saturated carbocycles. The van der Waals surface area contributed by atoms with Gasteiger partial charge in [0, 0.05) is 12.1 Å². The van der Waals surface area contributed by atoms with Gasteiger partial charge in [0.25, 0.3) is 17.5 Å². The lowest BCUT2D eigenvalue weighted by Crippen LogP contribution is -2.33. The number of amides is 2. The molecular weight excluding hydrogens is 352 g/mol. The highest BCUT2D eigenvalue weighted by Crippen LogP contribution is 2.26. The summed E-state index contributed by atoms with van der Waals surface area (Å²) in [5.41, 5.74) is -0.00645. The molecule has 0 aromatic heterocycles. The van der Waals surface area contributed by atoms with Crippen LogP contribution >= 0.6 is 0 Å². The first kappa shape index (κ1) is 18.4. The average Bonchev–Trinajstić information content (AvgIpc) is 2.91. The molecule has 1 aliphatic rings. The molecule has 1 heterocycles. The van der Waals surface area contributed by atoms with Crippen molar-refractivity contribution in [2.24, 2.45) is 0 Å². The van der Waals surface area contributed by atoms with Crippen molar-refractivity contribution in [3.05, 3.63) is 63.7 Å². The van der Waals surface area contributed by atoms with E-state index < -0.39 is 16.7 Å². The van der Waals surface area contributed by atoms with Crippen LogP contribution in [0, 0.1) is 10.1 Å². The third kappa shape index (κ3) is 3.89. The van der Waals surface area contributed by atoms with E-state index >= 15 is 0 Å². The number of carbonyl (C=O) groups excluding carboxylic acids is 2. The van der Waals surface area contributed by atoms with Crippen LogP contribution in [0.5, 0.6) is 11.5 Å². The highest BCUT2D eigenvalue weighted by atomic mass is 16.6. The summed E-state index contributed by atoms with van der Waals surface area (Å²) in [5, 5.41) is 10.8. The molecule has 8 nitrogen and oxygen atoms in total. The van der Waals surface area contributed by atoms with Crippen molar-refractivity contribution in [1.29, 1.82) is 0 Å². The number of carbonyl (C=O) groups is 2. The predicted octanol–water partition coefficient (Wildman–Crippen LogP) is 3.06. The van der Waals surface area contributed by atoms with Crippen molar-refractivity contribution < 1.29 is 24.0 Å². The maximum atomic E-state index is 12.4. The molecule has 27 heavy (non-hydrogen) atoms. The maximum absolute atomic E-state index is 12.4. The highest BCUT2D eigenvalue weighted by molar-refractivity contribution is 6.21. The Bertz CT molecular complexity index is 878. The van der Waals surface area contributed by atoms with Gasteiger partial charge in [0.1, 0.15) is 18.1 Å². The molecule has 8 heteroatoms. The van der Waals surface area contributed by atoms with Crippen LogP contribution in [0.2, 0.25) is 0 Å². The lowest BCUT2D eigenvalue weighted by molar-refractivity contribution is -0.384. The summed E-state index contributed by atoms with van der Waals surface area (Å²) in [4.78, 5) is 36.0. The number of nitrogens with zero attached hydrogens (tertiary/aromatic N) is 2. The molecule has 0 spiro atoms. The van der Waals surface area contributed by atoms with E-state index in [4.69, 9.17) is 9.47 Å². The van der Waals surface area contributed by atoms with Crippen LogP contribution in [0.15, 0.2) is 42.5 Å². The molecule has 0 radical (unpaired) electrons. The van der Waals surface area contributed by atoms with Gasteiger partial charge in [-0.1, -0.05) is 6.92 Å². The molecule has 0 bridgehead atoms. The van der Waals surface area contributed by atoms with E-state index in [0.717, 1.165) is 23.1 Å². The fraction of sp³-hybridized carbons (Fsp3) is 0.263. The summed E-state index contributed by atoms with van der Waals surface area (Å²) in [6.07, 6.45) is 0.918. The number of fused-ring (bicyclic) bond motifs is 1. The maximum Gasteiger partial charge on any atom is 0.270 e. The quantitative estimate of drug-likeness (QED) is 0.402. The molecule has 0 saturated heterocycles. The van der Waals surface area contributed by atoms with Crippen LogP contribution in [-0.4, -0.2) is 41.4 Å². The first-order chi connectivity index (χ1) is 13.0. The Labute approximate surface area is 155 Å². The topological polar surface area (TPSA) is 99.0 Å². The smallest absolute Gasteiger partial charge is 0.270 e. The van der Waals surface area contributed by atoms with Crippen LogP contribution in [0.1, 0.15) is 34.1 Å². The molecular formula is C19H18N2O6. The highest BCUT2D eigenvalue weighted by Gasteiger charge is 2.36. The summed E-state index contributed by atoms with van der Waals surface area (Å²) in [6.45, 7) is 2.82. The zero-order chi connectivity index (χ0) is 19.4. The second-order valence-electron chi connectivity index (χ2n) is 5.92. The number of nitro groups is 1. The van der Waals surface area contributed by atoms with Crippen molar-refractivity contribution in [2.75, 3.05) is 19.8 Å². The minimum Gasteiger partial charge on any atom is -0.494 e. The molecule has 1 aliphatic heterocycles. The van der Waals surface area contributed by atoms with Gasteiger partial charge < -0.3 is 9.47 Å². The molecule has 3 rings (SSSR count). The van der Waals surface area contributed by atoms with Gasteiger partial charge in [-0.15, -0.1) is 0 Å². The summed E-state index contributed by atoms with van der Waals surface area (Å²) in [6, 6.07) is 10.7. The van der Waals surface area contributed by atoms with Crippen LogP contribution in [0.25, 0.3) is 0 Å². The van der Waals surface area contributed by atoms with E-state index in [1.807, 2.05) is 6.92 Å². The number of benzene rings is 2. The first-order valence-electron chi connectivity index (χ1n) is 8.51. The molecule has 0 fully saturated rings. The van der Waals surface area contributed by atoms with Crippen molar-refractivity contribution in [1.82, 2.24) is 4.90 Å². The zero-order valence-electron chi connectivity index (χ0n) is 14.7. The third-order valence-corrected chi connectivity index (χ3v) is 4.05. The number of hydrogen-bond acceptors (Lipinski definition) is 6. The van der Waals surface area contributed by atoms with Gasteiger partial charge >= 0.3 is 0 Å². The lowest BCUT2D eigenvalue weighted by atomic mass is 10.1. The van der Waals surface area contributed by atoms with Gasteiger partial charge in [-0.25, -0.2) is 0 Å². The molecule has 2 aromatic rings. The molecule has 0 aliphatic carbocycles. The fourth-order valence-electron chi connectivity index (χ4n) is 2.70. The molecule has 140 valence electrons. The standard InChI is InChI=1S/C19H18N2O6/c1-2-10-26-14-4-6-15(7-5-14)27-11-9-20-18(22)16-8-3-13(21(24)25)12-17(16)19(20)23/h3-8,12H,2,9-11H2,1H3. The van der Waals surface area contributed by atoms with E-state index in [9.17, 15) is 19.7 Å². The Hall–Kier alpha value is -3.42. The largest absolute Gasteiger partial charge is 0.494 e. The zero-order valence-corrected chi connectivity index (χ0v) is 14.7. The van der Waals surface area contributed by atoms with E-state index in [1.54, 1.807) is 24.3 Å². The normalized spacial score (nSPS) is 12.9. The van der Waals surface area contributed by atoms with Gasteiger partial charge in [0.05, 0.1) is 29.2 Å². The Morgan fingerprint density at radius 1 is 0.926 bits per heavy atom. The predicted molar refractivity (Wildman–Crippen MR) is 96.2 cm³/mol. The lowest BCUT2D eigenvalue weighted by Gasteiger charge is -2.14. The van der Waals surface area contributed by atoms with Gasteiger partial charge in [0.15, 0.2) is 0 Å². The van der Waals surface area contributed by atoms with Crippen LogP contribution < -0.4 is 9.47 Å². The number of ether oxygens (including phenoxy) is 2. The third-order valence-electron chi connectivity index (χ3n) is 4.05. The first-order valence-corrected chi connectivity index (χ1v) is 8.51. The number of imide groups is 1. The Kier molecular flexibility index (Phi) is 5.35. The van der Waals surface area contributed by atoms with E-state index in [1.165, 1.54) is 12.1 Å². The van der Waals surface area contributed by atoms with Gasteiger partial charge in [-0.3, -0.25) is 24.6 Å². The summed E-state index contributed by atoms with van der Waals surface area (Å²) in [5.74, 6) is 0.305. The molecule has 0 N–H and O–H groups in total. The molecule has 0 unspecified atom stereocenters. The molecule has 0 atom stereocenters. The van der Waals surface area contributed by atoms with Crippen LogP contribution in [-0.2, 0) is 0 Å². The average molecular weight is 370 g/mol. The molecule has 2 aromatic carbocycles. The van der Waals surface area contributed by atoms with E-state index in [-0.39, 0.29) is 30.0 Å². The summed E-state index contributed by atoms with van der Waals surface area (Å²) < 4.78 is 11.1. The van der Waals surface area contributed by atoms with Crippen molar-refractivity contribution >= 4 is 17.5 Å². The van der Waals surface area contributed by atoms with Gasteiger partial charge in [-0.2, -0.15) is 0 Å². The number of non-ortho nitro benzene ring substituents is 1. The monoisotopic (exact) mass is 370 g/mol. The number of nitro benzene ring substituents is 1. The van der Waals surface area contributed by atoms with Crippen molar-refractivity contribution in [3.8, 4) is 11.5 Å². The van der Waals surface area contributed by atoms with Crippen LogP contribution in [0.3, 0.4) is 0 Å². The van der Waals surface area contributed by atoms with Crippen LogP contribution in [0.4, 0.5) is 5.69 Å². The Morgan fingerprint density at radius 2 is 1.52 bits per heavy atom. The second-order valence-corrected chi connectivity index (χ2v) is 5.92. The Morgan fingerprint density at radius 3 is 2.11 bits per heavy atom. The number of hydrogen-bond donors (Lipinski definition) is 0.